The molecule has 0 amide bonds. The molecule has 0 radical (unpaired) electrons. The van der Waals surface area contributed by atoms with Gasteiger partial charge in [-0.2, -0.15) is 0 Å². The van der Waals surface area contributed by atoms with Crippen LogP contribution in [0.1, 0.15) is 0 Å². The van der Waals surface area contributed by atoms with Crippen molar-refractivity contribution in [2.24, 2.45) is 0 Å². The average Bonchev–Trinajstić information content (AvgIpc) is 2.12. The number of pyridine rings is 1. The summed E-state index contributed by atoms with van der Waals surface area (Å²) in [6.45, 7) is 0. The van der Waals surface area contributed by atoms with Crippen molar-refractivity contribution >= 4 is 60.9 Å². The van der Waals surface area contributed by atoms with Gasteiger partial charge in [0.2, 0.25) is 0 Å². The second-order valence-corrected chi connectivity index (χ2v) is 4.99. The molecule has 0 spiro atoms. The molecule has 0 aliphatic carbocycles. The summed E-state index contributed by atoms with van der Waals surface area (Å²) in [5.41, 5.74) is 0. The van der Waals surface area contributed by atoms with Gasteiger partial charge in [-0.3, -0.25) is 0 Å². The van der Waals surface area contributed by atoms with Crippen molar-refractivity contribution in [3.8, 4) is 0 Å². The predicted octanol–water partition coefficient (Wildman–Crippen LogP) is 4.26. The van der Waals surface area contributed by atoms with Crippen LogP contribution in [0.25, 0.3) is 10.8 Å². The molecule has 1 aromatic heterocycles. The quantitative estimate of drug-likeness (QED) is 0.500. The van der Waals surface area contributed by atoms with Gasteiger partial charge in [-0.1, -0.05) is 27.5 Å². The molecule has 2 aromatic rings. The van der Waals surface area contributed by atoms with Gasteiger partial charge >= 0.3 is 0 Å². The first-order valence-electron chi connectivity index (χ1n) is 3.58. The molecular formula is C9H4BrClIN. The van der Waals surface area contributed by atoms with Crippen LogP contribution >= 0.6 is 50.1 Å². The monoisotopic (exact) mass is 367 g/mol. The number of hydrogen-bond acceptors (Lipinski definition) is 1. The Labute approximate surface area is 103 Å². The molecule has 1 aromatic carbocycles. The lowest BCUT2D eigenvalue weighted by Crippen LogP contribution is -1.82. The molecule has 2 rings (SSSR count). The highest BCUT2D eigenvalue weighted by Gasteiger charge is 2.03. The summed E-state index contributed by atoms with van der Waals surface area (Å²) in [7, 11) is 0. The minimum Gasteiger partial charge on any atom is -0.244 e. The van der Waals surface area contributed by atoms with Crippen molar-refractivity contribution in [1.29, 1.82) is 0 Å². The number of aromatic nitrogens is 1. The number of rotatable bonds is 0. The molecule has 66 valence electrons. The molecule has 0 bridgehead atoms. The third-order valence-electron chi connectivity index (χ3n) is 1.76. The smallest absolute Gasteiger partial charge is 0.129 e. The van der Waals surface area contributed by atoms with Crippen LogP contribution in [0.2, 0.25) is 5.15 Å². The minimum absolute atomic E-state index is 0.531. The first-order valence-corrected chi connectivity index (χ1v) is 5.83. The van der Waals surface area contributed by atoms with Crippen molar-refractivity contribution in [3.63, 3.8) is 0 Å². The van der Waals surface area contributed by atoms with Crippen LogP contribution in [-0.2, 0) is 0 Å². The fraction of sp³-hybridized carbons (Fsp3) is 0. The fourth-order valence-electron chi connectivity index (χ4n) is 1.14. The molecule has 4 heteroatoms. The lowest BCUT2D eigenvalue weighted by atomic mass is 10.2. The molecule has 0 N–H and O–H groups in total. The van der Waals surface area contributed by atoms with Gasteiger partial charge in [0.1, 0.15) is 5.15 Å². The van der Waals surface area contributed by atoms with E-state index < -0.39 is 0 Å². The molecule has 0 unspecified atom stereocenters. The lowest BCUT2D eigenvalue weighted by Gasteiger charge is -2.02. The van der Waals surface area contributed by atoms with E-state index in [0.717, 1.165) is 15.2 Å². The Hall–Kier alpha value is 0.130. The largest absolute Gasteiger partial charge is 0.244 e. The maximum absolute atomic E-state index is 5.81. The normalized spacial score (nSPS) is 10.7. The molecule has 0 atom stereocenters. The zero-order chi connectivity index (χ0) is 9.42. The summed E-state index contributed by atoms with van der Waals surface area (Å²) in [5, 5.41) is 2.76. The molecule has 0 aliphatic rings. The van der Waals surface area contributed by atoms with E-state index >= 15 is 0 Å². The highest BCUT2D eigenvalue weighted by molar-refractivity contribution is 14.1. The van der Waals surface area contributed by atoms with Crippen LogP contribution < -0.4 is 0 Å². The van der Waals surface area contributed by atoms with Crippen molar-refractivity contribution in [2.75, 3.05) is 0 Å². The van der Waals surface area contributed by atoms with Crippen LogP contribution in [0.4, 0.5) is 0 Å². The summed E-state index contributed by atoms with van der Waals surface area (Å²) in [4.78, 5) is 4.04. The predicted molar refractivity (Wildman–Crippen MR) is 67.2 cm³/mol. The van der Waals surface area contributed by atoms with Crippen molar-refractivity contribution < 1.29 is 0 Å². The molecule has 1 heterocycles. The van der Waals surface area contributed by atoms with Gasteiger partial charge in [-0.05, 0) is 40.8 Å². The molecule has 13 heavy (non-hydrogen) atoms. The van der Waals surface area contributed by atoms with Crippen LogP contribution in [-0.4, -0.2) is 4.98 Å². The minimum atomic E-state index is 0.531. The fourth-order valence-corrected chi connectivity index (χ4v) is 2.38. The number of nitrogens with zero attached hydrogens (tertiary/aromatic N) is 1. The molecule has 1 nitrogen and oxygen atoms in total. The first-order chi connectivity index (χ1) is 6.18. The Morgan fingerprint density at radius 3 is 2.85 bits per heavy atom. The molecule has 0 saturated carbocycles. The van der Waals surface area contributed by atoms with Gasteiger partial charge in [-0.25, -0.2) is 4.98 Å². The summed E-state index contributed by atoms with van der Waals surface area (Å²) >= 11 is 11.6. The molecular weight excluding hydrogens is 364 g/mol. The van der Waals surface area contributed by atoms with E-state index in [-0.39, 0.29) is 0 Å². The van der Waals surface area contributed by atoms with Gasteiger partial charge in [-0.15, -0.1) is 0 Å². The van der Waals surface area contributed by atoms with Gasteiger partial charge in [0.05, 0.1) is 0 Å². The topological polar surface area (TPSA) is 12.9 Å². The van der Waals surface area contributed by atoms with Gasteiger partial charge in [0.15, 0.2) is 0 Å². The Morgan fingerprint density at radius 1 is 1.31 bits per heavy atom. The van der Waals surface area contributed by atoms with E-state index in [1.807, 2.05) is 18.2 Å². The summed E-state index contributed by atoms with van der Waals surface area (Å²) in [5.74, 6) is 0. The van der Waals surface area contributed by atoms with Crippen LogP contribution in [0.5, 0.6) is 0 Å². The number of hydrogen-bond donors (Lipinski definition) is 0. The maximum atomic E-state index is 5.81. The Bertz CT molecular complexity index is 472. The zero-order valence-electron chi connectivity index (χ0n) is 6.39. The lowest BCUT2D eigenvalue weighted by molar-refractivity contribution is 1.36. The molecule has 0 fully saturated rings. The average molecular weight is 368 g/mol. The zero-order valence-corrected chi connectivity index (χ0v) is 10.9. The SMILES string of the molecule is Clc1cc2c(I)ccc(Br)c2cn1. The van der Waals surface area contributed by atoms with Crippen molar-refractivity contribution in [2.45, 2.75) is 0 Å². The maximum Gasteiger partial charge on any atom is 0.129 e. The summed E-state index contributed by atoms with van der Waals surface area (Å²) in [6, 6.07) is 5.94. The summed E-state index contributed by atoms with van der Waals surface area (Å²) in [6.07, 6.45) is 1.78. The molecule has 0 saturated heterocycles. The Morgan fingerprint density at radius 2 is 2.08 bits per heavy atom. The number of benzene rings is 1. The van der Waals surface area contributed by atoms with Gasteiger partial charge in [0.25, 0.3) is 0 Å². The van der Waals surface area contributed by atoms with E-state index in [9.17, 15) is 0 Å². The van der Waals surface area contributed by atoms with Crippen LogP contribution in [0.15, 0.2) is 28.9 Å². The van der Waals surface area contributed by atoms with Crippen molar-refractivity contribution in [1.82, 2.24) is 4.98 Å². The molecule has 0 aliphatic heterocycles. The van der Waals surface area contributed by atoms with Gasteiger partial charge < -0.3 is 0 Å². The Kier molecular flexibility index (Phi) is 2.76. The van der Waals surface area contributed by atoms with E-state index in [1.54, 1.807) is 6.20 Å². The first kappa shape index (κ1) is 9.68. The third kappa shape index (κ3) is 1.82. The third-order valence-corrected chi connectivity index (χ3v) is 3.60. The van der Waals surface area contributed by atoms with E-state index in [1.165, 1.54) is 3.57 Å². The highest BCUT2D eigenvalue weighted by atomic mass is 127. The van der Waals surface area contributed by atoms with E-state index in [0.29, 0.717) is 5.15 Å². The van der Waals surface area contributed by atoms with Crippen LogP contribution in [0, 0.1) is 3.57 Å². The second-order valence-electron chi connectivity index (χ2n) is 2.58. The van der Waals surface area contributed by atoms with Crippen molar-refractivity contribution in [3.05, 3.63) is 37.6 Å². The highest BCUT2D eigenvalue weighted by Crippen LogP contribution is 2.28. The van der Waals surface area contributed by atoms with E-state index in [2.05, 4.69) is 43.5 Å². The second kappa shape index (κ2) is 3.71. The van der Waals surface area contributed by atoms with Crippen LogP contribution in [0.3, 0.4) is 0 Å². The standard InChI is InChI=1S/C9H4BrClIN/c10-7-1-2-8(12)5-3-9(11)13-4-6(5)7/h1-4H. The summed E-state index contributed by atoms with van der Waals surface area (Å²) < 4.78 is 2.23. The number of fused-ring (bicyclic) bond motifs is 1. The van der Waals surface area contributed by atoms with E-state index in [4.69, 9.17) is 11.6 Å². The Balaban J connectivity index is 2.92. The number of halogens is 3. The van der Waals surface area contributed by atoms with Gasteiger partial charge in [0, 0.05) is 25.0 Å².